The molecular formula is C23H28N10O7S3. The first-order chi connectivity index (χ1) is 20.2. The van der Waals surface area contributed by atoms with Gasteiger partial charge in [-0.3, -0.25) is 14.5 Å². The number of carbonyl (C=O) groups excluding carboxylic acids is 3. The quantitative estimate of drug-likeness (QED) is 0.0421. The van der Waals surface area contributed by atoms with Crippen molar-refractivity contribution in [3.05, 3.63) is 23.2 Å². The number of carbonyl (C=O) groups is 4. The van der Waals surface area contributed by atoms with E-state index < -0.39 is 46.5 Å². The normalized spacial score (nSPS) is 18.6. The number of carboxylic acids is 2. The SMILES string of the molecule is CCC[n+]1c(N)cc(N)nc1SCC1=C(C(=O)[O-])N2C(=O)C(NC(=O)/C(=N\OC(C)(C)C(=O)O)c3nsc(N)n3)[C@@H]2SC1. The van der Waals surface area contributed by atoms with Gasteiger partial charge in [-0.1, -0.05) is 17.1 Å². The molecule has 1 unspecified atom stereocenters. The van der Waals surface area contributed by atoms with Crippen LogP contribution in [0.2, 0.25) is 0 Å². The Balaban J connectivity index is 1.54. The fourth-order valence-corrected chi connectivity index (χ4v) is 6.93. The number of anilines is 3. The minimum Gasteiger partial charge on any atom is -0.543 e. The van der Waals surface area contributed by atoms with E-state index in [4.69, 9.17) is 22.0 Å². The summed E-state index contributed by atoms with van der Waals surface area (Å²) in [6.07, 6.45) is 0.774. The lowest BCUT2D eigenvalue weighted by molar-refractivity contribution is -0.723. The molecule has 8 N–H and O–H groups in total. The van der Waals surface area contributed by atoms with Gasteiger partial charge in [-0.15, -0.1) is 11.8 Å². The molecular weight excluding hydrogens is 625 g/mol. The lowest BCUT2D eigenvalue weighted by Gasteiger charge is -2.50. The van der Waals surface area contributed by atoms with Gasteiger partial charge in [0.05, 0.1) is 24.3 Å². The highest BCUT2D eigenvalue weighted by atomic mass is 32.2. The molecule has 0 bridgehead atoms. The van der Waals surface area contributed by atoms with Crippen LogP contribution in [0.4, 0.5) is 16.8 Å². The molecule has 43 heavy (non-hydrogen) atoms. The maximum absolute atomic E-state index is 13.2. The van der Waals surface area contributed by atoms with Crippen molar-refractivity contribution < 1.29 is 38.8 Å². The fourth-order valence-electron chi connectivity index (χ4n) is 3.96. The van der Waals surface area contributed by atoms with Crippen molar-refractivity contribution >= 4 is 81.3 Å². The zero-order chi connectivity index (χ0) is 31.6. The molecule has 2 aliphatic rings. The van der Waals surface area contributed by atoms with Gasteiger partial charge in [0, 0.05) is 23.0 Å². The molecule has 230 valence electrons. The molecule has 2 aliphatic heterocycles. The van der Waals surface area contributed by atoms with Crippen LogP contribution in [0.5, 0.6) is 0 Å². The van der Waals surface area contributed by atoms with Gasteiger partial charge in [-0.2, -0.15) is 9.36 Å². The monoisotopic (exact) mass is 652 g/mol. The van der Waals surface area contributed by atoms with Gasteiger partial charge in [-0.25, -0.2) is 9.36 Å². The maximum atomic E-state index is 13.2. The Morgan fingerprint density at radius 3 is 2.65 bits per heavy atom. The zero-order valence-electron chi connectivity index (χ0n) is 23.1. The van der Waals surface area contributed by atoms with Crippen LogP contribution in [-0.2, 0) is 30.6 Å². The first-order valence-corrected chi connectivity index (χ1v) is 15.4. The van der Waals surface area contributed by atoms with Crippen molar-refractivity contribution in [2.24, 2.45) is 5.16 Å². The minimum atomic E-state index is -1.81. The number of hydrogen-bond donors (Lipinski definition) is 5. The van der Waals surface area contributed by atoms with Gasteiger partial charge in [0.2, 0.25) is 28.8 Å². The second-order valence-electron chi connectivity index (χ2n) is 9.73. The van der Waals surface area contributed by atoms with Crippen molar-refractivity contribution in [3.8, 4) is 0 Å². The molecule has 2 aromatic heterocycles. The Morgan fingerprint density at radius 2 is 2.05 bits per heavy atom. The number of aromatic nitrogens is 4. The number of β-lactam (4-membered cyclic amide) rings is 1. The molecule has 2 amide bonds. The van der Waals surface area contributed by atoms with Crippen LogP contribution in [-0.4, -0.2) is 82.3 Å². The number of oxime groups is 1. The van der Waals surface area contributed by atoms with Crippen molar-refractivity contribution in [2.75, 3.05) is 28.7 Å². The summed E-state index contributed by atoms with van der Waals surface area (Å²) in [6, 6.07) is 0.394. The molecule has 0 aliphatic carbocycles. The first-order valence-electron chi connectivity index (χ1n) is 12.6. The molecule has 1 saturated heterocycles. The number of nitrogens with two attached hydrogens (primary N) is 3. The average Bonchev–Trinajstić information content (AvgIpc) is 3.36. The summed E-state index contributed by atoms with van der Waals surface area (Å²) in [4.78, 5) is 64.4. The van der Waals surface area contributed by atoms with Crippen LogP contribution in [0.3, 0.4) is 0 Å². The first kappa shape index (κ1) is 31.8. The van der Waals surface area contributed by atoms with Crippen LogP contribution >= 0.6 is 35.1 Å². The molecule has 0 spiro atoms. The predicted octanol–water partition coefficient (Wildman–Crippen LogP) is -1.84. The van der Waals surface area contributed by atoms with E-state index in [0.717, 1.165) is 22.9 Å². The van der Waals surface area contributed by atoms with E-state index in [1.165, 1.54) is 43.4 Å². The van der Waals surface area contributed by atoms with Crippen LogP contribution in [0, 0.1) is 0 Å². The number of fused-ring (bicyclic) bond motifs is 1. The Kier molecular flexibility index (Phi) is 9.30. The number of nitrogens with one attached hydrogen (secondary N) is 1. The number of thioether (sulfide) groups is 2. The van der Waals surface area contributed by atoms with Crippen molar-refractivity contribution in [1.82, 2.24) is 24.6 Å². The Hall–Kier alpha value is -4.17. The second-order valence-corrected chi connectivity index (χ2v) is 12.6. The van der Waals surface area contributed by atoms with E-state index in [0.29, 0.717) is 23.1 Å². The number of nitrogens with zero attached hydrogens (tertiary/aromatic N) is 6. The Bertz CT molecular complexity index is 1540. The van der Waals surface area contributed by atoms with Crippen LogP contribution in [0.1, 0.15) is 33.0 Å². The van der Waals surface area contributed by atoms with Gasteiger partial charge >= 0.3 is 11.1 Å². The molecule has 17 nitrogen and oxygen atoms in total. The maximum Gasteiger partial charge on any atom is 0.350 e. The minimum absolute atomic E-state index is 0.00662. The lowest BCUT2D eigenvalue weighted by atomic mass is 10.0. The summed E-state index contributed by atoms with van der Waals surface area (Å²) in [6.45, 7) is 4.98. The highest BCUT2D eigenvalue weighted by Crippen LogP contribution is 2.41. The number of nitrogen functional groups attached to an aromatic ring is 3. The summed E-state index contributed by atoms with van der Waals surface area (Å²) in [5.74, 6) is -3.79. The average molecular weight is 653 g/mol. The van der Waals surface area contributed by atoms with E-state index in [1.807, 2.05) is 6.92 Å². The number of rotatable bonds is 12. The molecule has 0 radical (unpaired) electrons. The molecule has 4 rings (SSSR count). The highest BCUT2D eigenvalue weighted by molar-refractivity contribution is 8.01. The van der Waals surface area contributed by atoms with Crippen LogP contribution in [0.25, 0.3) is 0 Å². The van der Waals surface area contributed by atoms with E-state index in [-0.39, 0.29) is 34.0 Å². The van der Waals surface area contributed by atoms with E-state index in [2.05, 4.69) is 24.8 Å². The molecule has 2 aromatic rings. The molecule has 20 heteroatoms. The fraction of sp³-hybridized carbons (Fsp3) is 0.435. The standard InChI is InChI=1S/C23H28N10O7S3/c1-4-5-32-11(25)6-10(24)27-22(32)42-8-9-7-41-18-13(17(35)33(18)14(9)19(36)37)28-16(34)12(15-29-21(26)43-31-15)30-40-23(2,3)20(38)39/h6,13,18H,4-5,7-8H2,1-3H3,(H8,24,25,26,28,29,31,34,36,37,38,39)/b30-12-/t13?,18-/m0/s1. The summed E-state index contributed by atoms with van der Waals surface area (Å²) < 4.78 is 5.69. The van der Waals surface area contributed by atoms with Crippen LogP contribution < -0.4 is 32.2 Å². The van der Waals surface area contributed by atoms with Gasteiger partial charge in [0.25, 0.3) is 11.8 Å². The topological polar surface area (TPSA) is 269 Å². The number of aliphatic carboxylic acids is 2. The molecule has 2 atom stereocenters. The third-order valence-electron chi connectivity index (χ3n) is 6.16. The Morgan fingerprint density at radius 1 is 1.33 bits per heavy atom. The molecule has 4 heterocycles. The van der Waals surface area contributed by atoms with Crippen molar-refractivity contribution in [1.29, 1.82) is 0 Å². The summed E-state index contributed by atoms with van der Waals surface area (Å²) in [5.41, 5.74) is 15.4. The highest BCUT2D eigenvalue weighted by Gasteiger charge is 2.53. The smallest absolute Gasteiger partial charge is 0.350 e. The van der Waals surface area contributed by atoms with Gasteiger partial charge < -0.3 is 42.4 Å². The van der Waals surface area contributed by atoms with Crippen molar-refractivity contribution in [3.63, 3.8) is 0 Å². The number of amides is 2. The van der Waals surface area contributed by atoms with E-state index in [9.17, 15) is 29.4 Å². The third kappa shape index (κ3) is 6.59. The third-order valence-corrected chi connectivity index (χ3v) is 9.11. The van der Waals surface area contributed by atoms with Gasteiger partial charge in [-0.05, 0) is 37.6 Å². The predicted molar refractivity (Wildman–Crippen MR) is 155 cm³/mol. The van der Waals surface area contributed by atoms with Crippen LogP contribution in [0.15, 0.2) is 27.6 Å². The van der Waals surface area contributed by atoms with E-state index in [1.54, 1.807) is 4.57 Å². The molecule has 0 aromatic carbocycles. The Labute approximate surface area is 257 Å². The molecule has 1 fully saturated rings. The van der Waals surface area contributed by atoms with Gasteiger partial charge in [0.1, 0.15) is 11.4 Å². The lowest BCUT2D eigenvalue weighted by Crippen LogP contribution is -2.71. The largest absolute Gasteiger partial charge is 0.543 e. The second kappa shape index (κ2) is 12.6. The zero-order valence-corrected chi connectivity index (χ0v) is 25.5. The molecule has 0 saturated carbocycles. The summed E-state index contributed by atoms with van der Waals surface area (Å²) >= 11 is 3.23. The number of carboxylic acid groups (broad SMARTS) is 2. The van der Waals surface area contributed by atoms with Crippen molar-refractivity contribution in [2.45, 2.75) is 55.9 Å². The summed E-state index contributed by atoms with van der Waals surface area (Å²) in [7, 11) is 0. The van der Waals surface area contributed by atoms with E-state index >= 15 is 0 Å². The summed E-state index contributed by atoms with van der Waals surface area (Å²) in [5, 5.41) is 27.4. The number of hydrogen-bond acceptors (Lipinski definition) is 16. The van der Waals surface area contributed by atoms with Gasteiger partial charge in [0.15, 0.2) is 5.13 Å².